The molecule has 0 aliphatic heterocycles. The van der Waals surface area contributed by atoms with E-state index in [-0.39, 0.29) is 16.7 Å². The van der Waals surface area contributed by atoms with E-state index in [2.05, 4.69) is 15.0 Å². The number of anilines is 1. The normalized spacial score (nSPS) is 11.0. The van der Waals surface area contributed by atoms with Crippen molar-refractivity contribution in [1.82, 2.24) is 10.3 Å². The van der Waals surface area contributed by atoms with Crippen molar-refractivity contribution in [3.63, 3.8) is 0 Å². The van der Waals surface area contributed by atoms with Crippen molar-refractivity contribution >= 4 is 21.6 Å². The Kier molecular flexibility index (Phi) is 6.37. The molecule has 2 aromatic carbocycles. The lowest BCUT2D eigenvalue weighted by molar-refractivity contribution is 0.0953. The predicted molar refractivity (Wildman–Crippen MR) is 115 cm³/mol. The number of nitrogens with one attached hydrogen (secondary N) is 2. The van der Waals surface area contributed by atoms with Gasteiger partial charge < -0.3 is 10.1 Å². The van der Waals surface area contributed by atoms with Crippen LogP contribution in [0.5, 0.6) is 11.6 Å². The Bertz CT molecular complexity index is 1160. The molecule has 0 unspecified atom stereocenters. The van der Waals surface area contributed by atoms with Gasteiger partial charge in [0.25, 0.3) is 15.9 Å². The fourth-order valence-electron chi connectivity index (χ4n) is 2.81. The second-order valence-corrected chi connectivity index (χ2v) is 8.37. The lowest BCUT2D eigenvalue weighted by Gasteiger charge is -2.12. The largest absolute Gasteiger partial charge is 0.438 e. The van der Waals surface area contributed by atoms with E-state index in [1.54, 1.807) is 55.5 Å². The van der Waals surface area contributed by atoms with Gasteiger partial charge in [0, 0.05) is 18.4 Å². The molecule has 1 aromatic heterocycles. The molecule has 2 N–H and O–H groups in total. The zero-order valence-electron chi connectivity index (χ0n) is 17.0. The van der Waals surface area contributed by atoms with Crippen LogP contribution in [-0.2, 0) is 10.0 Å². The molecule has 0 spiro atoms. The lowest BCUT2D eigenvalue weighted by atomic mass is 10.2. The monoisotopic (exact) mass is 425 g/mol. The molecule has 0 bridgehead atoms. The summed E-state index contributed by atoms with van der Waals surface area (Å²) in [6, 6.07) is 15.0. The van der Waals surface area contributed by atoms with Crippen LogP contribution < -0.4 is 14.8 Å². The van der Waals surface area contributed by atoms with Gasteiger partial charge in [0.2, 0.25) is 5.88 Å². The van der Waals surface area contributed by atoms with Gasteiger partial charge in [-0.2, -0.15) is 0 Å². The van der Waals surface area contributed by atoms with Crippen LogP contribution in [0.2, 0.25) is 0 Å². The van der Waals surface area contributed by atoms with Crippen molar-refractivity contribution in [2.24, 2.45) is 0 Å². The van der Waals surface area contributed by atoms with Crippen LogP contribution in [0.1, 0.15) is 28.4 Å². The summed E-state index contributed by atoms with van der Waals surface area (Å²) in [5, 5.41) is 2.71. The first-order valence-corrected chi connectivity index (χ1v) is 10.9. The Morgan fingerprint density at radius 2 is 1.80 bits per heavy atom. The van der Waals surface area contributed by atoms with E-state index in [4.69, 9.17) is 4.74 Å². The maximum Gasteiger partial charge on any atom is 0.262 e. The molecule has 7 nitrogen and oxygen atoms in total. The van der Waals surface area contributed by atoms with Gasteiger partial charge in [-0.1, -0.05) is 12.1 Å². The summed E-state index contributed by atoms with van der Waals surface area (Å²) in [6.07, 6.45) is 1.53. The number of benzene rings is 2. The van der Waals surface area contributed by atoms with E-state index >= 15 is 0 Å². The molecule has 0 fully saturated rings. The number of aryl methyl sites for hydroxylation is 2. The standard InChI is InChI=1S/C22H23N3O4S/c1-4-23-21(26)19-6-5-13-24-22(19)29-18-11-9-17(10-12-18)25-30(27,28)20-14-15(2)7-8-16(20)3/h5-14,25H,4H2,1-3H3,(H,23,26). The smallest absolute Gasteiger partial charge is 0.262 e. The number of carbonyl (C=O) groups is 1. The van der Waals surface area contributed by atoms with Gasteiger partial charge in [0.05, 0.1) is 4.90 Å². The SMILES string of the molecule is CCNC(=O)c1cccnc1Oc1ccc(NS(=O)(=O)c2cc(C)ccc2C)cc1. The van der Waals surface area contributed by atoms with Crippen molar-refractivity contribution in [3.8, 4) is 11.6 Å². The average Bonchev–Trinajstić information content (AvgIpc) is 2.71. The Balaban J connectivity index is 1.78. The van der Waals surface area contributed by atoms with Crippen molar-refractivity contribution in [3.05, 3.63) is 77.5 Å². The highest BCUT2D eigenvalue weighted by atomic mass is 32.2. The second kappa shape index (κ2) is 8.96. The number of hydrogen-bond donors (Lipinski definition) is 2. The fraction of sp³-hybridized carbons (Fsp3) is 0.182. The van der Waals surface area contributed by atoms with Gasteiger partial charge in [0.15, 0.2) is 0 Å². The van der Waals surface area contributed by atoms with Crippen molar-refractivity contribution in [2.75, 3.05) is 11.3 Å². The van der Waals surface area contributed by atoms with Crippen LogP contribution in [0.3, 0.4) is 0 Å². The summed E-state index contributed by atoms with van der Waals surface area (Å²) in [7, 11) is -3.72. The number of pyridine rings is 1. The summed E-state index contributed by atoms with van der Waals surface area (Å²) in [4.78, 5) is 16.5. The molecular formula is C22H23N3O4S. The maximum absolute atomic E-state index is 12.7. The average molecular weight is 426 g/mol. The van der Waals surface area contributed by atoms with E-state index in [1.807, 2.05) is 19.9 Å². The topological polar surface area (TPSA) is 97.4 Å². The quantitative estimate of drug-likeness (QED) is 0.595. The predicted octanol–water partition coefficient (Wildman–Crippen LogP) is 4.04. The molecule has 3 rings (SSSR count). The zero-order chi connectivity index (χ0) is 21.7. The first-order valence-electron chi connectivity index (χ1n) is 9.41. The molecule has 8 heteroatoms. The Morgan fingerprint density at radius 3 is 2.50 bits per heavy atom. The van der Waals surface area contributed by atoms with Crippen molar-refractivity contribution in [1.29, 1.82) is 0 Å². The number of rotatable bonds is 7. The van der Waals surface area contributed by atoms with Crippen LogP contribution in [0.15, 0.2) is 65.7 Å². The van der Waals surface area contributed by atoms with E-state index in [9.17, 15) is 13.2 Å². The number of aromatic nitrogens is 1. The van der Waals surface area contributed by atoms with Crippen LogP contribution in [0.25, 0.3) is 0 Å². The molecule has 30 heavy (non-hydrogen) atoms. The van der Waals surface area contributed by atoms with Gasteiger partial charge in [-0.15, -0.1) is 0 Å². The molecular weight excluding hydrogens is 402 g/mol. The minimum Gasteiger partial charge on any atom is -0.438 e. The van der Waals surface area contributed by atoms with E-state index in [0.29, 0.717) is 29.1 Å². The van der Waals surface area contributed by atoms with E-state index in [1.165, 1.54) is 6.20 Å². The molecule has 1 amide bonds. The van der Waals surface area contributed by atoms with E-state index < -0.39 is 10.0 Å². The summed E-state index contributed by atoms with van der Waals surface area (Å²) in [6.45, 7) is 5.91. The van der Waals surface area contributed by atoms with Gasteiger partial charge in [-0.05, 0) is 74.4 Å². The van der Waals surface area contributed by atoms with E-state index in [0.717, 1.165) is 5.56 Å². The van der Waals surface area contributed by atoms with Crippen LogP contribution in [0.4, 0.5) is 5.69 Å². The molecule has 0 aliphatic rings. The second-order valence-electron chi connectivity index (χ2n) is 6.72. The molecule has 156 valence electrons. The number of sulfonamides is 1. The fourth-order valence-corrected chi connectivity index (χ4v) is 4.20. The van der Waals surface area contributed by atoms with Gasteiger partial charge >= 0.3 is 0 Å². The number of amides is 1. The first-order chi connectivity index (χ1) is 14.3. The van der Waals surface area contributed by atoms with Crippen LogP contribution in [0, 0.1) is 13.8 Å². The van der Waals surface area contributed by atoms with Gasteiger partial charge in [-0.3, -0.25) is 9.52 Å². The van der Waals surface area contributed by atoms with Crippen molar-refractivity contribution in [2.45, 2.75) is 25.7 Å². The third-order valence-corrected chi connectivity index (χ3v) is 5.83. The Morgan fingerprint density at radius 1 is 1.07 bits per heavy atom. The molecule has 1 heterocycles. The third-order valence-electron chi connectivity index (χ3n) is 4.31. The highest BCUT2D eigenvalue weighted by Gasteiger charge is 2.18. The zero-order valence-corrected chi connectivity index (χ0v) is 17.8. The Hall–Kier alpha value is -3.39. The number of nitrogens with zero attached hydrogens (tertiary/aromatic N) is 1. The number of ether oxygens (including phenoxy) is 1. The highest BCUT2D eigenvalue weighted by molar-refractivity contribution is 7.92. The number of carbonyl (C=O) groups excluding carboxylic acids is 1. The van der Waals surface area contributed by atoms with Gasteiger partial charge in [0.1, 0.15) is 11.3 Å². The minimum absolute atomic E-state index is 0.173. The Labute approximate surface area is 176 Å². The molecule has 0 atom stereocenters. The third kappa shape index (κ3) is 4.96. The molecule has 0 radical (unpaired) electrons. The molecule has 3 aromatic rings. The number of hydrogen-bond acceptors (Lipinski definition) is 5. The summed E-state index contributed by atoms with van der Waals surface area (Å²) in [5.74, 6) is 0.319. The lowest BCUT2D eigenvalue weighted by Crippen LogP contribution is -2.23. The van der Waals surface area contributed by atoms with Crippen molar-refractivity contribution < 1.29 is 17.9 Å². The highest BCUT2D eigenvalue weighted by Crippen LogP contribution is 2.26. The summed E-state index contributed by atoms with van der Waals surface area (Å²) < 4.78 is 33.8. The molecule has 0 saturated heterocycles. The first kappa shape index (κ1) is 21.3. The van der Waals surface area contributed by atoms with Gasteiger partial charge in [-0.25, -0.2) is 13.4 Å². The van der Waals surface area contributed by atoms with Crippen LogP contribution in [-0.4, -0.2) is 25.9 Å². The molecule has 0 saturated carbocycles. The van der Waals surface area contributed by atoms with Crippen LogP contribution >= 0.6 is 0 Å². The minimum atomic E-state index is -3.72. The maximum atomic E-state index is 12.7. The summed E-state index contributed by atoms with van der Waals surface area (Å²) in [5.41, 5.74) is 2.25. The molecule has 0 aliphatic carbocycles. The summed E-state index contributed by atoms with van der Waals surface area (Å²) >= 11 is 0.